The van der Waals surface area contributed by atoms with E-state index < -0.39 is 0 Å². The first kappa shape index (κ1) is 11.5. The van der Waals surface area contributed by atoms with Gasteiger partial charge in [0.25, 0.3) is 0 Å². The van der Waals surface area contributed by atoms with E-state index >= 15 is 0 Å². The molecule has 0 aliphatic carbocycles. The van der Waals surface area contributed by atoms with Gasteiger partial charge in [-0.15, -0.1) is 0 Å². The number of nitrogens with two attached hydrogens (primary N) is 1. The lowest BCUT2D eigenvalue weighted by Gasteiger charge is -2.21. The Morgan fingerprint density at radius 2 is 2.07 bits per heavy atom. The zero-order valence-corrected chi connectivity index (χ0v) is 8.63. The number of carbonyl (C=O) groups is 1. The third kappa shape index (κ3) is 4.07. The SMILES string of the molecule is NCCCCNC(=O)C1CCOCC1. The van der Waals surface area contributed by atoms with Crippen molar-refractivity contribution in [1.29, 1.82) is 0 Å². The fraction of sp³-hybridized carbons (Fsp3) is 0.900. The molecular weight excluding hydrogens is 180 g/mol. The highest BCUT2D eigenvalue weighted by atomic mass is 16.5. The van der Waals surface area contributed by atoms with Crippen molar-refractivity contribution in [3.05, 3.63) is 0 Å². The molecule has 1 amide bonds. The largest absolute Gasteiger partial charge is 0.381 e. The second-order valence-electron chi connectivity index (χ2n) is 3.67. The number of nitrogens with one attached hydrogen (secondary N) is 1. The van der Waals surface area contributed by atoms with Gasteiger partial charge in [-0.1, -0.05) is 0 Å². The van der Waals surface area contributed by atoms with E-state index in [1.807, 2.05) is 0 Å². The van der Waals surface area contributed by atoms with Gasteiger partial charge in [-0.05, 0) is 32.2 Å². The molecule has 0 aromatic carbocycles. The molecule has 1 aliphatic heterocycles. The summed E-state index contributed by atoms with van der Waals surface area (Å²) in [7, 11) is 0. The Hall–Kier alpha value is -0.610. The predicted octanol–water partition coefficient (Wildman–Crippen LogP) is 0.268. The normalized spacial score (nSPS) is 18.1. The summed E-state index contributed by atoms with van der Waals surface area (Å²) in [6.45, 7) is 2.91. The molecule has 1 aliphatic rings. The number of unbranched alkanes of at least 4 members (excludes halogenated alkanes) is 1. The molecule has 0 aromatic rings. The molecule has 1 heterocycles. The standard InChI is InChI=1S/C10H20N2O2/c11-5-1-2-6-12-10(13)9-3-7-14-8-4-9/h9H,1-8,11H2,(H,12,13). The average molecular weight is 200 g/mol. The van der Waals surface area contributed by atoms with Gasteiger partial charge in [0.1, 0.15) is 0 Å². The Balaban J connectivity index is 2.07. The lowest BCUT2D eigenvalue weighted by Crippen LogP contribution is -2.34. The highest BCUT2D eigenvalue weighted by Gasteiger charge is 2.20. The second kappa shape index (κ2) is 6.79. The van der Waals surface area contributed by atoms with Crippen LogP contribution in [0.25, 0.3) is 0 Å². The molecule has 0 spiro atoms. The molecule has 4 nitrogen and oxygen atoms in total. The third-order valence-electron chi connectivity index (χ3n) is 2.52. The zero-order valence-electron chi connectivity index (χ0n) is 8.63. The van der Waals surface area contributed by atoms with Crippen LogP contribution in [0.3, 0.4) is 0 Å². The lowest BCUT2D eigenvalue weighted by atomic mass is 9.99. The molecule has 0 radical (unpaired) electrons. The predicted molar refractivity (Wildman–Crippen MR) is 54.8 cm³/mol. The van der Waals surface area contributed by atoms with E-state index in [-0.39, 0.29) is 11.8 Å². The van der Waals surface area contributed by atoms with Gasteiger partial charge < -0.3 is 15.8 Å². The zero-order chi connectivity index (χ0) is 10.2. The molecule has 0 bridgehead atoms. The van der Waals surface area contributed by atoms with Crippen LogP contribution in [0.4, 0.5) is 0 Å². The van der Waals surface area contributed by atoms with Gasteiger partial charge in [0.05, 0.1) is 0 Å². The minimum absolute atomic E-state index is 0.168. The Kier molecular flexibility index (Phi) is 5.56. The van der Waals surface area contributed by atoms with E-state index in [1.165, 1.54) is 0 Å². The molecule has 1 rings (SSSR count). The van der Waals surface area contributed by atoms with Crippen molar-refractivity contribution in [2.24, 2.45) is 11.7 Å². The van der Waals surface area contributed by atoms with E-state index in [1.54, 1.807) is 0 Å². The summed E-state index contributed by atoms with van der Waals surface area (Å²) < 4.78 is 5.20. The van der Waals surface area contributed by atoms with Crippen LogP contribution in [0.5, 0.6) is 0 Å². The van der Waals surface area contributed by atoms with E-state index in [4.69, 9.17) is 10.5 Å². The van der Waals surface area contributed by atoms with Crippen LogP contribution < -0.4 is 11.1 Å². The summed E-state index contributed by atoms with van der Waals surface area (Å²) in [6.07, 6.45) is 3.69. The third-order valence-corrected chi connectivity index (χ3v) is 2.52. The fourth-order valence-corrected chi connectivity index (χ4v) is 1.59. The number of hydrogen-bond acceptors (Lipinski definition) is 3. The molecule has 0 unspecified atom stereocenters. The first-order valence-electron chi connectivity index (χ1n) is 5.40. The van der Waals surface area contributed by atoms with Crippen LogP contribution in [-0.4, -0.2) is 32.2 Å². The molecule has 0 saturated carbocycles. The summed E-state index contributed by atoms with van der Waals surface area (Å²) in [4.78, 5) is 11.6. The van der Waals surface area contributed by atoms with Gasteiger partial charge in [0.15, 0.2) is 0 Å². The molecule has 14 heavy (non-hydrogen) atoms. The molecular formula is C10H20N2O2. The summed E-state index contributed by atoms with van der Waals surface area (Å²) in [5.74, 6) is 0.354. The maximum Gasteiger partial charge on any atom is 0.223 e. The van der Waals surface area contributed by atoms with Crippen molar-refractivity contribution in [3.63, 3.8) is 0 Å². The maximum atomic E-state index is 11.6. The summed E-state index contributed by atoms with van der Waals surface area (Å²) in [5.41, 5.74) is 5.36. The minimum atomic E-state index is 0.168. The molecule has 0 aromatic heterocycles. The summed E-state index contributed by atoms with van der Waals surface area (Å²) >= 11 is 0. The summed E-state index contributed by atoms with van der Waals surface area (Å²) in [5, 5.41) is 2.94. The van der Waals surface area contributed by atoms with Crippen LogP contribution in [0, 0.1) is 5.92 Å². The van der Waals surface area contributed by atoms with Crippen LogP contribution in [0.1, 0.15) is 25.7 Å². The monoisotopic (exact) mass is 200 g/mol. The number of ether oxygens (including phenoxy) is 1. The molecule has 82 valence electrons. The first-order chi connectivity index (χ1) is 6.84. The smallest absolute Gasteiger partial charge is 0.223 e. The van der Waals surface area contributed by atoms with Gasteiger partial charge >= 0.3 is 0 Å². The van der Waals surface area contributed by atoms with Gasteiger partial charge in [-0.2, -0.15) is 0 Å². The second-order valence-corrected chi connectivity index (χ2v) is 3.67. The topological polar surface area (TPSA) is 64.3 Å². The molecule has 3 N–H and O–H groups in total. The maximum absolute atomic E-state index is 11.6. The molecule has 4 heteroatoms. The molecule has 0 atom stereocenters. The number of hydrogen-bond donors (Lipinski definition) is 2. The van der Waals surface area contributed by atoms with Crippen molar-refractivity contribution in [1.82, 2.24) is 5.32 Å². The molecule has 1 fully saturated rings. The molecule has 1 saturated heterocycles. The number of carbonyl (C=O) groups excluding carboxylic acids is 1. The quantitative estimate of drug-likeness (QED) is 0.626. The first-order valence-corrected chi connectivity index (χ1v) is 5.40. The fourth-order valence-electron chi connectivity index (χ4n) is 1.59. The van der Waals surface area contributed by atoms with Gasteiger partial charge in [-0.25, -0.2) is 0 Å². The minimum Gasteiger partial charge on any atom is -0.381 e. The Morgan fingerprint density at radius 3 is 2.71 bits per heavy atom. The Morgan fingerprint density at radius 1 is 1.36 bits per heavy atom. The lowest BCUT2D eigenvalue weighted by molar-refractivity contribution is -0.127. The van der Waals surface area contributed by atoms with Gasteiger partial charge in [0.2, 0.25) is 5.91 Å². The average Bonchev–Trinajstić information content (AvgIpc) is 2.25. The van der Waals surface area contributed by atoms with E-state index in [0.29, 0.717) is 6.54 Å². The van der Waals surface area contributed by atoms with Crippen molar-refractivity contribution in [2.75, 3.05) is 26.3 Å². The van der Waals surface area contributed by atoms with Crippen molar-refractivity contribution >= 4 is 5.91 Å². The van der Waals surface area contributed by atoms with Crippen LogP contribution in [0.15, 0.2) is 0 Å². The van der Waals surface area contributed by atoms with E-state index in [2.05, 4.69) is 5.32 Å². The van der Waals surface area contributed by atoms with Crippen LogP contribution >= 0.6 is 0 Å². The highest BCUT2D eigenvalue weighted by Crippen LogP contribution is 2.14. The van der Waals surface area contributed by atoms with E-state index in [9.17, 15) is 4.79 Å². The van der Waals surface area contributed by atoms with Crippen LogP contribution in [-0.2, 0) is 9.53 Å². The van der Waals surface area contributed by atoms with Gasteiger partial charge in [-0.3, -0.25) is 4.79 Å². The Bertz CT molecular complexity index is 168. The van der Waals surface area contributed by atoms with Crippen molar-refractivity contribution < 1.29 is 9.53 Å². The Labute approximate surface area is 85.2 Å². The van der Waals surface area contributed by atoms with E-state index in [0.717, 1.165) is 45.4 Å². The van der Waals surface area contributed by atoms with Crippen molar-refractivity contribution in [2.45, 2.75) is 25.7 Å². The van der Waals surface area contributed by atoms with Gasteiger partial charge in [0, 0.05) is 25.7 Å². The summed E-state index contributed by atoms with van der Waals surface area (Å²) in [6, 6.07) is 0. The number of amides is 1. The van der Waals surface area contributed by atoms with Crippen molar-refractivity contribution in [3.8, 4) is 0 Å². The number of rotatable bonds is 5. The highest BCUT2D eigenvalue weighted by molar-refractivity contribution is 5.78. The van der Waals surface area contributed by atoms with Crippen LogP contribution in [0.2, 0.25) is 0 Å².